The van der Waals surface area contributed by atoms with Crippen molar-refractivity contribution in [2.24, 2.45) is 39.4 Å². The summed E-state index contributed by atoms with van der Waals surface area (Å²) in [6.07, 6.45) is 12.5. The summed E-state index contributed by atoms with van der Waals surface area (Å²) in [5.41, 5.74) is 2.53. The zero-order valence-electron chi connectivity index (χ0n) is 26.1. The maximum atomic E-state index is 12.4. The molecule has 0 saturated heterocycles. The fraction of sp³-hybridized carbons (Fsp3) is 0.735. The first-order valence-electron chi connectivity index (χ1n) is 15.2. The van der Waals surface area contributed by atoms with E-state index in [2.05, 4.69) is 53.7 Å². The van der Waals surface area contributed by atoms with Gasteiger partial charge in [-0.2, -0.15) is 0 Å². The average molecular weight is 555 g/mol. The van der Waals surface area contributed by atoms with Gasteiger partial charge in [0, 0.05) is 30.3 Å². The first-order chi connectivity index (χ1) is 18.5. The molecule has 0 bridgehead atoms. The second-order valence-electron chi connectivity index (χ2n) is 14.4. The summed E-state index contributed by atoms with van der Waals surface area (Å²) in [7, 11) is 0. The van der Waals surface area contributed by atoms with Crippen LogP contribution in [-0.4, -0.2) is 35.2 Å². The standard InChI is InChI=1S/C34H50O6/c1-20(11-10-12-21(2)30(37)38)26-19-29(40-23(4)36)34(9)25-13-14-27-31(5,6)28(39-22(3)35)16-17-32(27,7)24(25)15-18-33(26,34)8/h12-13,15,20,26-29H,10-11,14,16-19H2,1-9H3,(H,37,38)/b21-12+/t20-,26-,27+,28+,29?,32-,33-,34-/m1/s1. The van der Waals surface area contributed by atoms with Crippen LogP contribution < -0.4 is 0 Å². The van der Waals surface area contributed by atoms with Gasteiger partial charge in [0.05, 0.1) is 0 Å². The molecule has 4 rings (SSSR count). The van der Waals surface area contributed by atoms with Crippen LogP contribution in [0.2, 0.25) is 0 Å². The molecule has 1 unspecified atom stereocenters. The van der Waals surface area contributed by atoms with Crippen LogP contribution in [0.4, 0.5) is 0 Å². The van der Waals surface area contributed by atoms with Crippen molar-refractivity contribution in [1.82, 2.24) is 0 Å². The van der Waals surface area contributed by atoms with Crippen molar-refractivity contribution in [3.05, 3.63) is 34.9 Å². The number of hydrogen-bond donors (Lipinski definition) is 1. The fourth-order valence-electron chi connectivity index (χ4n) is 9.52. The molecule has 0 spiro atoms. The molecule has 6 heteroatoms. The van der Waals surface area contributed by atoms with E-state index in [9.17, 15) is 19.5 Å². The summed E-state index contributed by atoms with van der Waals surface area (Å²) in [5, 5.41) is 9.25. The van der Waals surface area contributed by atoms with Gasteiger partial charge in [-0.3, -0.25) is 9.59 Å². The fourth-order valence-corrected chi connectivity index (χ4v) is 9.52. The highest BCUT2D eigenvalue weighted by Gasteiger charge is 2.67. The number of fused-ring (bicyclic) bond motifs is 5. The second kappa shape index (κ2) is 10.5. The molecule has 8 atom stereocenters. The predicted molar refractivity (Wildman–Crippen MR) is 155 cm³/mol. The SMILES string of the molecule is CC(=O)OC1C[C@H]([C@H](C)CC/C=C(\C)C(=O)O)[C@@]2(C)CC=C3C(=CC[C@H]4C(C)(C)[C@@H](OC(C)=O)CC[C@]34C)[C@]12C. The average Bonchev–Trinajstić information content (AvgIpc) is 3.07. The van der Waals surface area contributed by atoms with Crippen molar-refractivity contribution >= 4 is 17.9 Å². The van der Waals surface area contributed by atoms with E-state index in [-0.39, 0.29) is 45.8 Å². The van der Waals surface area contributed by atoms with E-state index in [1.807, 2.05) is 6.08 Å². The molecule has 0 aliphatic heterocycles. The first kappa shape index (κ1) is 30.6. The Labute approximate surface area is 240 Å². The molecule has 0 aromatic carbocycles. The molecule has 0 heterocycles. The maximum absolute atomic E-state index is 12.4. The Morgan fingerprint density at radius 2 is 1.62 bits per heavy atom. The van der Waals surface area contributed by atoms with Crippen LogP contribution in [0.25, 0.3) is 0 Å². The van der Waals surface area contributed by atoms with Gasteiger partial charge >= 0.3 is 17.9 Å². The molecule has 2 saturated carbocycles. The van der Waals surface area contributed by atoms with Crippen molar-refractivity contribution in [2.75, 3.05) is 0 Å². The highest BCUT2D eigenvalue weighted by atomic mass is 16.5. The molecule has 222 valence electrons. The molecule has 4 aliphatic carbocycles. The van der Waals surface area contributed by atoms with Gasteiger partial charge in [-0.25, -0.2) is 4.79 Å². The highest BCUT2D eigenvalue weighted by molar-refractivity contribution is 5.85. The minimum absolute atomic E-state index is 0.0435. The summed E-state index contributed by atoms with van der Waals surface area (Å²) in [4.78, 5) is 35.6. The Bertz CT molecular complexity index is 1160. The topological polar surface area (TPSA) is 89.9 Å². The van der Waals surface area contributed by atoms with E-state index in [4.69, 9.17) is 9.47 Å². The Morgan fingerprint density at radius 1 is 1.00 bits per heavy atom. The van der Waals surface area contributed by atoms with Crippen molar-refractivity contribution < 1.29 is 29.0 Å². The van der Waals surface area contributed by atoms with Crippen molar-refractivity contribution in [2.45, 2.75) is 119 Å². The summed E-state index contributed by atoms with van der Waals surface area (Å²) >= 11 is 0. The van der Waals surface area contributed by atoms with Crippen LogP contribution in [-0.2, 0) is 23.9 Å². The van der Waals surface area contributed by atoms with Crippen LogP contribution in [0.3, 0.4) is 0 Å². The van der Waals surface area contributed by atoms with Crippen LogP contribution in [0, 0.1) is 39.4 Å². The van der Waals surface area contributed by atoms with Crippen molar-refractivity contribution in [3.63, 3.8) is 0 Å². The number of aliphatic carboxylic acids is 1. The lowest BCUT2D eigenvalue weighted by molar-refractivity contribution is -0.166. The molecule has 0 radical (unpaired) electrons. The van der Waals surface area contributed by atoms with E-state index >= 15 is 0 Å². The van der Waals surface area contributed by atoms with E-state index < -0.39 is 5.97 Å². The van der Waals surface area contributed by atoms with Gasteiger partial charge in [0.1, 0.15) is 12.2 Å². The monoisotopic (exact) mass is 554 g/mol. The van der Waals surface area contributed by atoms with Crippen LogP contribution in [0.5, 0.6) is 0 Å². The number of ether oxygens (including phenoxy) is 2. The summed E-state index contributed by atoms with van der Waals surface area (Å²) in [6, 6.07) is 0. The van der Waals surface area contributed by atoms with Gasteiger partial charge in [0.2, 0.25) is 0 Å². The minimum Gasteiger partial charge on any atom is -0.478 e. The molecule has 2 fully saturated rings. The van der Waals surface area contributed by atoms with Gasteiger partial charge in [0.15, 0.2) is 0 Å². The van der Waals surface area contributed by atoms with Crippen molar-refractivity contribution in [3.8, 4) is 0 Å². The van der Waals surface area contributed by atoms with Gasteiger partial charge in [-0.15, -0.1) is 0 Å². The van der Waals surface area contributed by atoms with E-state index in [0.29, 0.717) is 23.3 Å². The third-order valence-electron chi connectivity index (χ3n) is 12.0. The lowest BCUT2D eigenvalue weighted by Gasteiger charge is -2.61. The second-order valence-corrected chi connectivity index (χ2v) is 14.4. The quantitative estimate of drug-likeness (QED) is 0.260. The van der Waals surface area contributed by atoms with Crippen molar-refractivity contribution in [1.29, 1.82) is 0 Å². The number of carboxylic acids is 1. The minimum atomic E-state index is -0.867. The third kappa shape index (κ3) is 4.67. The Kier molecular flexibility index (Phi) is 8.01. The molecule has 40 heavy (non-hydrogen) atoms. The predicted octanol–water partition coefficient (Wildman–Crippen LogP) is 7.43. The largest absolute Gasteiger partial charge is 0.478 e. The third-order valence-corrected chi connectivity index (χ3v) is 12.0. The van der Waals surface area contributed by atoms with Crippen LogP contribution >= 0.6 is 0 Å². The molecule has 6 nitrogen and oxygen atoms in total. The molecule has 0 aromatic heterocycles. The zero-order chi connectivity index (χ0) is 29.8. The number of rotatable bonds is 7. The highest BCUT2D eigenvalue weighted by Crippen LogP contribution is 2.72. The van der Waals surface area contributed by atoms with Crippen LogP contribution in [0.1, 0.15) is 107 Å². The Balaban J connectivity index is 1.71. The Hall–Kier alpha value is -2.37. The van der Waals surface area contributed by atoms with Gasteiger partial charge in [-0.1, -0.05) is 59.8 Å². The number of esters is 2. The number of carbonyl (C=O) groups is 3. The smallest absolute Gasteiger partial charge is 0.330 e. The number of hydrogen-bond acceptors (Lipinski definition) is 5. The number of carboxylic acid groups (broad SMARTS) is 1. The molecule has 0 aromatic rings. The summed E-state index contributed by atoms with van der Waals surface area (Å²) in [6.45, 7) is 18.6. The summed E-state index contributed by atoms with van der Waals surface area (Å²) < 4.78 is 12.0. The van der Waals surface area contributed by atoms with Gasteiger partial charge in [-0.05, 0) is 91.6 Å². The maximum Gasteiger partial charge on any atom is 0.330 e. The molecular weight excluding hydrogens is 504 g/mol. The van der Waals surface area contributed by atoms with E-state index in [1.54, 1.807) is 6.92 Å². The zero-order valence-corrected chi connectivity index (χ0v) is 26.1. The first-order valence-corrected chi connectivity index (χ1v) is 15.2. The lowest BCUT2D eigenvalue weighted by atomic mass is 9.44. The van der Waals surface area contributed by atoms with Gasteiger partial charge in [0.25, 0.3) is 0 Å². The molecule has 1 N–H and O–H groups in total. The van der Waals surface area contributed by atoms with Gasteiger partial charge < -0.3 is 14.6 Å². The van der Waals surface area contributed by atoms with Crippen LogP contribution in [0.15, 0.2) is 34.9 Å². The van der Waals surface area contributed by atoms with E-state index in [0.717, 1.165) is 44.9 Å². The summed E-state index contributed by atoms with van der Waals surface area (Å²) in [5.74, 6) is -0.286. The molecule has 4 aliphatic rings. The lowest BCUT2D eigenvalue weighted by Crippen LogP contribution is -2.56. The molecular formula is C34H50O6. The molecule has 0 amide bonds. The van der Waals surface area contributed by atoms with E-state index in [1.165, 1.54) is 25.0 Å². The Morgan fingerprint density at radius 3 is 2.23 bits per heavy atom. The number of carbonyl (C=O) groups excluding carboxylic acids is 2. The number of allylic oxidation sites excluding steroid dienone is 4. The normalized spacial score (nSPS) is 39.1.